The smallest absolute Gasteiger partial charge is 0.164 e. The van der Waals surface area contributed by atoms with Crippen molar-refractivity contribution in [1.29, 1.82) is 0 Å². The van der Waals surface area contributed by atoms with Gasteiger partial charge in [-0.1, -0.05) is 194 Å². The first-order chi connectivity index (χ1) is 31.2. The maximum Gasteiger partial charge on any atom is 0.164 e. The highest BCUT2D eigenvalue weighted by atomic mass is 15.0. The molecule has 0 saturated carbocycles. The van der Waals surface area contributed by atoms with Crippen LogP contribution in [0.1, 0.15) is 0 Å². The lowest BCUT2D eigenvalue weighted by molar-refractivity contribution is 1.07. The Morgan fingerprint density at radius 3 is 1.33 bits per heavy atom. The van der Waals surface area contributed by atoms with Gasteiger partial charge < -0.3 is 4.57 Å². The molecule has 3 heterocycles. The van der Waals surface area contributed by atoms with E-state index in [9.17, 15) is 0 Å². The molecule has 294 valence electrons. The summed E-state index contributed by atoms with van der Waals surface area (Å²) in [7, 11) is 0. The standard InChI is InChI=1S/C58H37N5/c1-5-15-38(16-6-1)39-25-29-43(30-26-39)57-60-56(42-19-9-3-10-20-42)61-58(62-57)44-31-27-40(28-32-44)45-33-34-47-50(37-45)59-55(41-17-7-2-8-18-41)49-35-36-52-54(53(47)49)48-23-13-14-24-51(48)63(52)46-21-11-4-12-22-46/h1-37H. The van der Waals surface area contributed by atoms with Crippen molar-refractivity contribution < 1.29 is 0 Å². The van der Waals surface area contributed by atoms with E-state index in [1.165, 1.54) is 32.8 Å². The fourth-order valence-corrected chi connectivity index (χ4v) is 9.01. The summed E-state index contributed by atoms with van der Waals surface area (Å²) in [5.41, 5.74) is 13.7. The highest BCUT2D eigenvalue weighted by Crippen LogP contribution is 2.43. The summed E-state index contributed by atoms with van der Waals surface area (Å²) in [4.78, 5) is 20.5. The fraction of sp³-hybridized carbons (Fsp3) is 0. The largest absolute Gasteiger partial charge is 0.309 e. The van der Waals surface area contributed by atoms with E-state index in [0.29, 0.717) is 17.5 Å². The Hall–Kier alpha value is -8.54. The lowest BCUT2D eigenvalue weighted by Crippen LogP contribution is -2.00. The zero-order valence-electron chi connectivity index (χ0n) is 34.1. The number of rotatable bonds is 7. The van der Waals surface area contributed by atoms with E-state index >= 15 is 0 Å². The molecule has 12 rings (SSSR count). The summed E-state index contributed by atoms with van der Waals surface area (Å²) < 4.78 is 2.38. The lowest BCUT2D eigenvalue weighted by Gasteiger charge is -2.14. The van der Waals surface area contributed by atoms with Crippen LogP contribution in [0.3, 0.4) is 0 Å². The molecule has 63 heavy (non-hydrogen) atoms. The van der Waals surface area contributed by atoms with E-state index in [2.05, 4.69) is 193 Å². The number of fused-ring (bicyclic) bond motifs is 7. The van der Waals surface area contributed by atoms with Crippen molar-refractivity contribution in [2.24, 2.45) is 0 Å². The van der Waals surface area contributed by atoms with E-state index in [1.54, 1.807) is 0 Å². The molecule has 12 aromatic rings. The molecule has 0 atom stereocenters. The van der Waals surface area contributed by atoms with Crippen molar-refractivity contribution in [2.45, 2.75) is 0 Å². The minimum absolute atomic E-state index is 0.621. The first-order valence-electron chi connectivity index (χ1n) is 21.2. The third-order valence-corrected chi connectivity index (χ3v) is 12.0. The molecule has 9 aromatic carbocycles. The van der Waals surface area contributed by atoms with Crippen LogP contribution in [0.25, 0.3) is 117 Å². The zero-order valence-corrected chi connectivity index (χ0v) is 34.1. The molecule has 0 spiro atoms. The third kappa shape index (κ3) is 6.42. The quantitative estimate of drug-likeness (QED) is 0.151. The fourth-order valence-electron chi connectivity index (χ4n) is 9.01. The van der Waals surface area contributed by atoms with Gasteiger partial charge in [-0.05, 0) is 52.6 Å². The maximum absolute atomic E-state index is 5.44. The van der Waals surface area contributed by atoms with Crippen molar-refractivity contribution in [3.63, 3.8) is 0 Å². The van der Waals surface area contributed by atoms with Gasteiger partial charge >= 0.3 is 0 Å². The summed E-state index contributed by atoms with van der Waals surface area (Å²) in [5.74, 6) is 1.89. The highest BCUT2D eigenvalue weighted by molar-refractivity contribution is 6.29. The zero-order chi connectivity index (χ0) is 41.7. The Kier molecular flexibility index (Phi) is 8.75. The summed E-state index contributed by atoms with van der Waals surface area (Å²) >= 11 is 0. The number of para-hydroxylation sites is 2. The predicted octanol–water partition coefficient (Wildman–Crippen LogP) is 14.7. The van der Waals surface area contributed by atoms with E-state index in [4.69, 9.17) is 19.9 Å². The number of hydrogen-bond donors (Lipinski definition) is 0. The monoisotopic (exact) mass is 803 g/mol. The highest BCUT2D eigenvalue weighted by Gasteiger charge is 2.20. The van der Waals surface area contributed by atoms with Gasteiger partial charge in [-0.2, -0.15) is 0 Å². The van der Waals surface area contributed by atoms with Crippen LogP contribution in [0.15, 0.2) is 224 Å². The molecule has 0 radical (unpaired) electrons. The molecule has 0 bridgehead atoms. The Bertz CT molecular complexity index is 3620. The number of pyridine rings is 1. The minimum atomic E-state index is 0.621. The predicted molar refractivity (Wildman–Crippen MR) is 260 cm³/mol. The average molecular weight is 804 g/mol. The van der Waals surface area contributed by atoms with Gasteiger partial charge in [0, 0.05) is 54.9 Å². The normalized spacial score (nSPS) is 11.5. The van der Waals surface area contributed by atoms with Crippen LogP contribution in [0.2, 0.25) is 0 Å². The van der Waals surface area contributed by atoms with Gasteiger partial charge in [-0.25, -0.2) is 19.9 Å². The van der Waals surface area contributed by atoms with Crippen LogP contribution in [0, 0.1) is 0 Å². The minimum Gasteiger partial charge on any atom is -0.309 e. The van der Waals surface area contributed by atoms with E-state index in [1.807, 2.05) is 36.4 Å². The summed E-state index contributed by atoms with van der Waals surface area (Å²) in [6, 6.07) is 78.6. The van der Waals surface area contributed by atoms with E-state index in [0.717, 1.165) is 66.6 Å². The van der Waals surface area contributed by atoms with Gasteiger partial charge in [0.25, 0.3) is 0 Å². The second-order valence-corrected chi connectivity index (χ2v) is 15.8. The van der Waals surface area contributed by atoms with Crippen molar-refractivity contribution in [2.75, 3.05) is 0 Å². The molecule has 5 heteroatoms. The lowest BCUT2D eigenvalue weighted by atomic mass is 9.94. The van der Waals surface area contributed by atoms with E-state index < -0.39 is 0 Å². The van der Waals surface area contributed by atoms with Gasteiger partial charge in [-0.15, -0.1) is 0 Å². The Balaban J connectivity index is 0.984. The average Bonchev–Trinajstić information content (AvgIpc) is 3.71. The summed E-state index contributed by atoms with van der Waals surface area (Å²) in [5, 5.41) is 5.91. The molecule has 0 saturated heterocycles. The second kappa shape index (κ2) is 15.2. The SMILES string of the molecule is c1ccc(-c2ccc(-c3nc(-c4ccccc4)nc(-c4ccc(-c5ccc6c(c5)nc(-c5ccccc5)c5ccc7c(c8ccccc8n7-c7ccccc7)c56)cc4)n3)cc2)cc1. The van der Waals surface area contributed by atoms with Crippen LogP contribution < -0.4 is 0 Å². The van der Waals surface area contributed by atoms with Crippen LogP contribution >= 0.6 is 0 Å². The summed E-state index contributed by atoms with van der Waals surface area (Å²) in [6.07, 6.45) is 0. The van der Waals surface area contributed by atoms with E-state index in [-0.39, 0.29) is 0 Å². The van der Waals surface area contributed by atoms with Crippen molar-refractivity contribution in [1.82, 2.24) is 24.5 Å². The van der Waals surface area contributed by atoms with Gasteiger partial charge in [0.05, 0.1) is 22.2 Å². The maximum atomic E-state index is 5.44. The molecule has 5 nitrogen and oxygen atoms in total. The van der Waals surface area contributed by atoms with Crippen molar-refractivity contribution >= 4 is 43.5 Å². The molecule has 0 aliphatic carbocycles. The molecule has 0 aliphatic rings. The second-order valence-electron chi connectivity index (χ2n) is 15.8. The molecule has 0 amide bonds. The van der Waals surface area contributed by atoms with Gasteiger partial charge in [-0.3, -0.25) is 0 Å². The molecule has 0 N–H and O–H groups in total. The first-order valence-corrected chi connectivity index (χ1v) is 21.2. The van der Waals surface area contributed by atoms with Crippen LogP contribution in [0.5, 0.6) is 0 Å². The molecule has 0 unspecified atom stereocenters. The molecule has 0 aliphatic heterocycles. The number of hydrogen-bond acceptors (Lipinski definition) is 4. The van der Waals surface area contributed by atoms with Gasteiger partial charge in [0.1, 0.15) is 0 Å². The van der Waals surface area contributed by atoms with Crippen LogP contribution in [0.4, 0.5) is 0 Å². The third-order valence-electron chi connectivity index (χ3n) is 12.0. The molecular weight excluding hydrogens is 767 g/mol. The van der Waals surface area contributed by atoms with Gasteiger partial charge in [0.2, 0.25) is 0 Å². The van der Waals surface area contributed by atoms with Crippen molar-refractivity contribution in [3.8, 4) is 73.4 Å². The number of aromatic nitrogens is 5. The topological polar surface area (TPSA) is 56.5 Å². The Labute approximate surface area is 364 Å². The molecule has 0 fully saturated rings. The molecular formula is C58H37N5. The van der Waals surface area contributed by atoms with Gasteiger partial charge in [0.15, 0.2) is 17.5 Å². The van der Waals surface area contributed by atoms with Crippen molar-refractivity contribution in [3.05, 3.63) is 224 Å². The van der Waals surface area contributed by atoms with Crippen LogP contribution in [-0.2, 0) is 0 Å². The van der Waals surface area contributed by atoms with Crippen LogP contribution in [-0.4, -0.2) is 24.5 Å². The number of benzene rings is 9. The number of nitrogens with zero attached hydrogens (tertiary/aromatic N) is 5. The molecule has 3 aromatic heterocycles. The Morgan fingerprint density at radius 2 is 0.714 bits per heavy atom. The summed E-state index contributed by atoms with van der Waals surface area (Å²) in [6.45, 7) is 0. The first kappa shape index (κ1) is 36.3. The Morgan fingerprint density at radius 1 is 0.270 bits per heavy atom.